The number of benzene rings is 2. The summed E-state index contributed by atoms with van der Waals surface area (Å²) in [5.41, 5.74) is 0.999. The molecule has 0 spiro atoms. The van der Waals surface area contributed by atoms with E-state index >= 15 is 0 Å². The Bertz CT molecular complexity index is 892. The molecule has 3 rings (SSSR count). The Morgan fingerprint density at radius 1 is 1.04 bits per heavy atom. The molecule has 0 aromatic heterocycles. The Morgan fingerprint density at radius 2 is 1.63 bits per heavy atom. The highest BCUT2D eigenvalue weighted by Gasteiger charge is 2.42. The number of hydrogen-bond acceptors (Lipinski definition) is 3. The molecular weight excluding hydrogens is 387 g/mol. The van der Waals surface area contributed by atoms with Crippen molar-refractivity contribution in [2.24, 2.45) is 5.92 Å². The number of rotatable bonds is 5. The molecule has 7 heteroatoms. The summed E-state index contributed by atoms with van der Waals surface area (Å²) in [6.07, 6.45) is 0.336. The Balaban J connectivity index is 1.91. The molecule has 1 aliphatic heterocycles. The summed E-state index contributed by atoms with van der Waals surface area (Å²) in [5.74, 6) is -1.30. The molecule has 0 unspecified atom stereocenters. The number of amides is 3. The van der Waals surface area contributed by atoms with E-state index in [1.54, 1.807) is 36.4 Å². The first-order chi connectivity index (χ1) is 12.8. The van der Waals surface area contributed by atoms with Gasteiger partial charge in [0.1, 0.15) is 6.04 Å². The van der Waals surface area contributed by atoms with Crippen LogP contribution in [-0.2, 0) is 4.79 Å². The van der Waals surface area contributed by atoms with Gasteiger partial charge in [-0.3, -0.25) is 19.3 Å². The lowest BCUT2D eigenvalue weighted by Crippen LogP contribution is -2.48. The van der Waals surface area contributed by atoms with Gasteiger partial charge in [-0.25, -0.2) is 0 Å². The standard InChI is InChI=1S/C20H18Cl2N2O3/c1-11(2)9-17(18(25)23-16-8-7-12(21)10-15(16)22)24-19(26)13-5-3-4-6-14(13)20(24)27/h3-8,10-11,17H,9H2,1-2H3,(H,23,25)/t17-/m0/s1. The molecule has 2 aromatic carbocycles. The highest BCUT2D eigenvalue weighted by Crippen LogP contribution is 2.29. The zero-order valence-corrected chi connectivity index (χ0v) is 16.3. The van der Waals surface area contributed by atoms with Crippen LogP contribution >= 0.6 is 23.2 Å². The number of nitrogens with zero attached hydrogens (tertiary/aromatic N) is 1. The summed E-state index contributed by atoms with van der Waals surface area (Å²) < 4.78 is 0. The number of hydrogen-bond donors (Lipinski definition) is 1. The number of halogens is 2. The van der Waals surface area contributed by atoms with Crippen LogP contribution in [0.2, 0.25) is 10.0 Å². The predicted molar refractivity (Wildman–Crippen MR) is 105 cm³/mol. The smallest absolute Gasteiger partial charge is 0.262 e. The van der Waals surface area contributed by atoms with Crippen LogP contribution in [0, 0.1) is 5.92 Å². The van der Waals surface area contributed by atoms with Crippen LogP contribution in [0.5, 0.6) is 0 Å². The van der Waals surface area contributed by atoms with Crippen LogP contribution < -0.4 is 5.32 Å². The minimum atomic E-state index is -0.941. The molecule has 0 bridgehead atoms. The molecule has 0 aliphatic carbocycles. The van der Waals surface area contributed by atoms with E-state index in [2.05, 4.69) is 5.32 Å². The average Bonchev–Trinajstić information content (AvgIpc) is 2.86. The van der Waals surface area contributed by atoms with Gasteiger partial charge < -0.3 is 5.32 Å². The van der Waals surface area contributed by atoms with Gasteiger partial charge in [-0.2, -0.15) is 0 Å². The molecule has 140 valence electrons. The van der Waals surface area contributed by atoms with Crippen molar-refractivity contribution in [2.75, 3.05) is 5.32 Å². The van der Waals surface area contributed by atoms with Gasteiger partial charge in [0, 0.05) is 5.02 Å². The largest absolute Gasteiger partial charge is 0.323 e. The van der Waals surface area contributed by atoms with Crippen LogP contribution in [0.25, 0.3) is 0 Å². The van der Waals surface area contributed by atoms with Crippen molar-refractivity contribution >= 4 is 46.6 Å². The van der Waals surface area contributed by atoms with Gasteiger partial charge in [-0.15, -0.1) is 0 Å². The van der Waals surface area contributed by atoms with Crippen LogP contribution in [0.1, 0.15) is 41.0 Å². The molecule has 0 saturated heterocycles. The van der Waals surface area contributed by atoms with Gasteiger partial charge in [-0.1, -0.05) is 49.2 Å². The molecule has 3 amide bonds. The van der Waals surface area contributed by atoms with Gasteiger partial charge in [0.25, 0.3) is 11.8 Å². The number of carbonyl (C=O) groups is 3. The first-order valence-corrected chi connectivity index (χ1v) is 9.28. The summed E-state index contributed by atoms with van der Waals surface area (Å²) in [4.78, 5) is 39.6. The fourth-order valence-electron chi connectivity index (χ4n) is 3.07. The Morgan fingerprint density at radius 3 is 2.15 bits per heavy atom. The number of nitrogens with one attached hydrogen (secondary N) is 1. The molecule has 1 aliphatic rings. The Hall–Kier alpha value is -2.37. The second-order valence-corrected chi connectivity index (χ2v) is 7.63. The molecule has 0 fully saturated rings. The zero-order chi connectivity index (χ0) is 19.7. The predicted octanol–water partition coefficient (Wildman–Crippen LogP) is 4.64. The lowest BCUT2D eigenvalue weighted by molar-refractivity contribution is -0.120. The maximum atomic E-state index is 13.0. The average molecular weight is 405 g/mol. The maximum Gasteiger partial charge on any atom is 0.262 e. The van der Waals surface area contributed by atoms with E-state index in [9.17, 15) is 14.4 Å². The molecule has 1 atom stereocenters. The second kappa shape index (κ2) is 7.71. The van der Waals surface area contributed by atoms with Gasteiger partial charge in [0.05, 0.1) is 21.8 Å². The molecule has 0 saturated carbocycles. The third-order valence-corrected chi connectivity index (χ3v) is 4.87. The third kappa shape index (κ3) is 3.84. The van der Waals surface area contributed by atoms with Crippen LogP contribution in [0.15, 0.2) is 42.5 Å². The van der Waals surface area contributed by atoms with Crippen molar-refractivity contribution in [3.05, 3.63) is 63.6 Å². The van der Waals surface area contributed by atoms with E-state index in [1.165, 1.54) is 6.07 Å². The fourth-order valence-corrected chi connectivity index (χ4v) is 3.53. The van der Waals surface area contributed by atoms with Crippen molar-refractivity contribution in [1.82, 2.24) is 4.90 Å². The molecule has 0 radical (unpaired) electrons. The van der Waals surface area contributed by atoms with E-state index in [-0.39, 0.29) is 10.9 Å². The summed E-state index contributed by atoms with van der Waals surface area (Å²) in [5, 5.41) is 3.43. The number of imide groups is 1. The summed E-state index contributed by atoms with van der Waals surface area (Å²) >= 11 is 12.0. The van der Waals surface area contributed by atoms with Gasteiger partial charge in [-0.05, 0) is 42.7 Å². The zero-order valence-electron chi connectivity index (χ0n) is 14.8. The third-order valence-electron chi connectivity index (χ3n) is 4.32. The van der Waals surface area contributed by atoms with E-state index in [1.807, 2.05) is 13.8 Å². The van der Waals surface area contributed by atoms with Gasteiger partial charge in [0.15, 0.2) is 0 Å². The lowest BCUT2D eigenvalue weighted by atomic mass is 10.0. The second-order valence-electron chi connectivity index (χ2n) is 6.78. The molecule has 27 heavy (non-hydrogen) atoms. The minimum absolute atomic E-state index is 0.0887. The van der Waals surface area contributed by atoms with Crippen LogP contribution in [0.4, 0.5) is 5.69 Å². The van der Waals surface area contributed by atoms with Crippen molar-refractivity contribution < 1.29 is 14.4 Å². The van der Waals surface area contributed by atoms with Crippen molar-refractivity contribution in [3.8, 4) is 0 Å². The molecular formula is C20H18Cl2N2O3. The highest BCUT2D eigenvalue weighted by molar-refractivity contribution is 6.36. The van der Waals surface area contributed by atoms with Crippen molar-refractivity contribution in [2.45, 2.75) is 26.3 Å². The van der Waals surface area contributed by atoms with Crippen molar-refractivity contribution in [3.63, 3.8) is 0 Å². The quantitative estimate of drug-likeness (QED) is 0.737. The van der Waals surface area contributed by atoms with Crippen molar-refractivity contribution in [1.29, 1.82) is 0 Å². The Kier molecular flexibility index (Phi) is 5.53. The monoisotopic (exact) mass is 404 g/mol. The van der Waals surface area contributed by atoms with E-state index in [4.69, 9.17) is 23.2 Å². The number of fused-ring (bicyclic) bond motifs is 1. The van der Waals surface area contributed by atoms with Gasteiger partial charge in [0.2, 0.25) is 5.91 Å². The summed E-state index contributed by atoms with van der Waals surface area (Å²) in [6, 6.07) is 10.3. The topological polar surface area (TPSA) is 66.5 Å². The first kappa shape index (κ1) is 19.4. The molecule has 5 nitrogen and oxygen atoms in total. The van der Waals surface area contributed by atoms with Crippen LogP contribution in [0.3, 0.4) is 0 Å². The minimum Gasteiger partial charge on any atom is -0.323 e. The molecule has 1 N–H and O–H groups in total. The molecule has 2 aromatic rings. The van der Waals surface area contributed by atoms with Gasteiger partial charge >= 0.3 is 0 Å². The highest BCUT2D eigenvalue weighted by atomic mass is 35.5. The van der Waals surface area contributed by atoms with E-state index < -0.39 is 23.8 Å². The summed E-state index contributed by atoms with van der Waals surface area (Å²) in [7, 11) is 0. The fraction of sp³-hybridized carbons (Fsp3) is 0.250. The summed E-state index contributed by atoms with van der Waals surface area (Å²) in [6.45, 7) is 3.85. The van der Waals surface area contributed by atoms with E-state index in [0.29, 0.717) is 28.3 Å². The Labute approximate surface area is 167 Å². The normalized spacial score (nSPS) is 14.5. The lowest BCUT2D eigenvalue weighted by Gasteiger charge is -2.27. The van der Waals surface area contributed by atoms with E-state index in [0.717, 1.165) is 4.90 Å². The SMILES string of the molecule is CC(C)C[C@@H](C(=O)Nc1ccc(Cl)cc1Cl)N1C(=O)c2ccccc2C1=O. The maximum absolute atomic E-state index is 13.0. The molecule has 1 heterocycles. The van der Waals surface area contributed by atoms with Crippen LogP contribution in [-0.4, -0.2) is 28.7 Å². The first-order valence-electron chi connectivity index (χ1n) is 8.52. The number of anilines is 1. The number of carbonyl (C=O) groups excluding carboxylic acids is 3.